The van der Waals surface area contributed by atoms with Crippen molar-refractivity contribution in [3.63, 3.8) is 0 Å². The Kier molecular flexibility index (Phi) is 6.86. The van der Waals surface area contributed by atoms with Gasteiger partial charge in [0.2, 0.25) is 17.4 Å². The molecule has 164 valence electrons. The number of methoxy groups -OCH3 is 6. The minimum atomic E-state index is 0.389. The molecule has 1 aromatic heterocycles. The van der Waals surface area contributed by atoms with Gasteiger partial charge in [-0.2, -0.15) is 0 Å². The summed E-state index contributed by atoms with van der Waals surface area (Å²) in [6.45, 7) is 0. The molecule has 9 nitrogen and oxygen atoms in total. The number of anilines is 2. The van der Waals surface area contributed by atoms with Gasteiger partial charge in [0.1, 0.15) is 0 Å². The number of aromatic nitrogens is 2. The zero-order valence-electron chi connectivity index (χ0n) is 18.3. The molecule has 3 aromatic rings. The van der Waals surface area contributed by atoms with E-state index in [-0.39, 0.29) is 0 Å². The van der Waals surface area contributed by atoms with Crippen molar-refractivity contribution < 1.29 is 28.4 Å². The summed E-state index contributed by atoms with van der Waals surface area (Å²) in [6.07, 6.45) is 1.66. The third-order valence-electron chi connectivity index (χ3n) is 4.54. The van der Waals surface area contributed by atoms with Crippen LogP contribution in [0.25, 0.3) is 11.3 Å². The van der Waals surface area contributed by atoms with Crippen LogP contribution < -0.4 is 33.7 Å². The standard InChI is InChI=1S/C22H25N3O6/c1-26-16-9-13(10-17(27-2)20(16)30-5)15-7-8-23-22(25-15)24-14-11-18(28-3)21(31-6)19(12-14)29-4/h7-12H,1-6H3,(H,23,24,25). The van der Waals surface area contributed by atoms with Crippen LogP contribution >= 0.6 is 0 Å². The molecule has 9 heteroatoms. The molecule has 0 bridgehead atoms. The summed E-state index contributed by atoms with van der Waals surface area (Å²) in [4.78, 5) is 8.92. The molecule has 3 rings (SSSR count). The molecule has 1 N–H and O–H groups in total. The Morgan fingerprint density at radius 1 is 0.645 bits per heavy atom. The van der Waals surface area contributed by atoms with Gasteiger partial charge in [-0.15, -0.1) is 0 Å². The van der Waals surface area contributed by atoms with E-state index in [0.717, 1.165) is 5.56 Å². The number of hydrogen-bond acceptors (Lipinski definition) is 9. The number of rotatable bonds is 9. The van der Waals surface area contributed by atoms with Crippen LogP contribution in [-0.4, -0.2) is 52.6 Å². The molecule has 1 heterocycles. The Morgan fingerprint density at radius 3 is 1.58 bits per heavy atom. The van der Waals surface area contributed by atoms with E-state index in [9.17, 15) is 0 Å². The lowest BCUT2D eigenvalue weighted by Gasteiger charge is -2.15. The van der Waals surface area contributed by atoms with E-state index >= 15 is 0 Å². The molecule has 0 amide bonds. The zero-order chi connectivity index (χ0) is 22.4. The summed E-state index contributed by atoms with van der Waals surface area (Å²) in [6, 6.07) is 8.99. The zero-order valence-corrected chi connectivity index (χ0v) is 18.3. The molecular formula is C22H25N3O6. The van der Waals surface area contributed by atoms with E-state index in [1.54, 1.807) is 67.1 Å². The van der Waals surface area contributed by atoms with Crippen LogP contribution in [0.4, 0.5) is 11.6 Å². The fraction of sp³-hybridized carbons (Fsp3) is 0.273. The number of nitrogens with one attached hydrogen (secondary N) is 1. The van der Waals surface area contributed by atoms with Crippen LogP contribution in [0.3, 0.4) is 0 Å². The SMILES string of the molecule is COc1cc(Nc2nccc(-c3cc(OC)c(OC)c(OC)c3)n2)cc(OC)c1OC. The van der Waals surface area contributed by atoms with Crippen LogP contribution in [0.15, 0.2) is 36.5 Å². The van der Waals surface area contributed by atoms with Gasteiger partial charge in [0.25, 0.3) is 0 Å². The summed E-state index contributed by atoms with van der Waals surface area (Å²) in [5.74, 6) is 3.52. The minimum absolute atomic E-state index is 0.389. The Balaban J connectivity index is 1.98. The van der Waals surface area contributed by atoms with E-state index in [2.05, 4.69) is 15.3 Å². The average molecular weight is 427 g/mol. The molecule has 0 atom stereocenters. The molecule has 0 saturated heterocycles. The Bertz CT molecular complexity index is 1010. The predicted molar refractivity (Wildman–Crippen MR) is 117 cm³/mol. The fourth-order valence-corrected chi connectivity index (χ4v) is 3.09. The van der Waals surface area contributed by atoms with E-state index < -0.39 is 0 Å². The molecule has 0 aliphatic carbocycles. The van der Waals surface area contributed by atoms with Crippen molar-refractivity contribution in [2.75, 3.05) is 48.0 Å². The summed E-state index contributed by atoms with van der Waals surface area (Å²) in [7, 11) is 9.36. The summed E-state index contributed by atoms with van der Waals surface area (Å²) in [5.41, 5.74) is 2.13. The highest BCUT2D eigenvalue weighted by Gasteiger charge is 2.16. The number of nitrogens with zero attached hydrogens (tertiary/aromatic N) is 2. The van der Waals surface area contributed by atoms with Gasteiger partial charge < -0.3 is 33.7 Å². The van der Waals surface area contributed by atoms with Crippen molar-refractivity contribution in [1.82, 2.24) is 9.97 Å². The Morgan fingerprint density at radius 2 is 1.13 bits per heavy atom. The Hall–Kier alpha value is -3.88. The lowest BCUT2D eigenvalue weighted by atomic mass is 10.1. The first-order valence-electron chi connectivity index (χ1n) is 9.28. The second-order valence-corrected chi connectivity index (χ2v) is 6.22. The Labute approximate surface area is 180 Å². The number of ether oxygens (including phenoxy) is 6. The third-order valence-corrected chi connectivity index (χ3v) is 4.54. The first kappa shape index (κ1) is 21.8. The van der Waals surface area contributed by atoms with Gasteiger partial charge in [0.05, 0.1) is 48.4 Å². The molecular weight excluding hydrogens is 402 g/mol. The second-order valence-electron chi connectivity index (χ2n) is 6.22. The van der Waals surface area contributed by atoms with Crippen molar-refractivity contribution >= 4 is 11.6 Å². The molecule has 0 aliphatic rings. The van der Waals surface area contributed by atoms with Crippen molar-refractivity contribution in [2.45, 2.75) is 0 Å². The number of hydrogen-bond donors (Lipinski definition) is 1. The topological polar surface area (TPSA) is 93.2 Å². The van der Waals surface area contributed by atoms with Crippen LogP contribution in [0.1, 0.15) is 0 Å². The van der Waals surface area contributed by atoms with Crippen molar-refractivity contribution in [3.8, 4) is 45.8 Å². The monoisotopic (exact) mass is 427 g/mol. The van der Waals surface area contributed by atoms with Crippen LogP contribution in [0, 0.1) is 0 Å². The average Bonchev–Trinajstić information content (AvgIpc) is 2.82. The summed E-state index contributed by atoms with van der Waals surface area (Å²) >= 11 is 0. The van der Waals surface area contributed by atoms with Crippen LogP contribution in [0.2, 0.25) is 0 Å². The molecule has 0 aliphatic heterocycles. The first-order chi connectivity index (χ1) is 15.1. The van der Waals surface area contributed by atoms with E-state index in [1.165, 1.54) is 0 Å². The van der Waals surface area contributed by atoms with Crippen molar-refractivity contribution in [2.24, 2.45) is 0 Å². The van der Waals surface area contributed by atoms with E-state index in [0.29, 0.717) is 51.8 Å². The molecule has 0 unspecified atom stereocenters. The van der Waals surface area contributed by atoms with Gasteiger partial charge in [-0.3, -0.25) is 0 Å². The van der Waals surface area contributed by atoms with Crippen molar-refractivity contribution in [3.05, 3.63) is 36.5 Å². The van der Waals surface area contributed by atoms with Crippen molar-refractivity contribution in [1.29, 1.82) is 0 Å². The van der Waals surface area contributed by atoms with Gasteiger partial charge in [-0.05, 0) is 18.2 Å². The van der Waals surface area contributed by atoms with Gasteiger partial charge in [-0.1, -0.05) is 0 Å². The predicted octanol–water partition coefficient (Wildman–Crippen LogP) is 3.94. The van der Waals surface area contributed by atoms with Gasteiger partial charge in [0.15, 0.2) is 23.0 Å². The van der Waals surface area contributed by atoms with Gasteiger partial charge in [-0.25, -0.2) is 9.97 Å². The van der Waals surface area contributed by atoms with Crippen LogP contribution in [-0.2, 0) is 0 Å². The molecule has 0 radical (unpaired) electrons. The lowest BCUT2D eigenvalue weighted by molar-refractivity contribution is 0.324. The largest absolute Gasteiger partial charge is 0.493 e. The van der Waals surface area contributed by atoms with E-state index in [1.807, 2.05) is 12.1 Å². The second kappa shape index (κ2) is 9.75. The first-order valence-corrected chi connectivity index (χ1v) is 9.28. The van der Waals surface area contributed by atoms with Gasteiger partial charge in [0, 0.05) is 29.6 Å². The molecule has 0 saturated carbocycles. The maximum absolute atomic E-state index is 5.44. The lowest BCUT2D eigenvalue weighted by Crippen LogP contribution is -2.01. The van der Waals surface area contributed by atoms with E-state index in [4.69, 9.17) is 28.4 Å². The quantitative estimate of drug-likeness (QED) is 0.545. The molecule has 2 aromatic carbocycles. The maximum Gasteiger partial charge on any atom is 0.227 e. The third kappa shape index (κ3) is 4.50. The smallest absolute Gasteiger partial charge is 0.227 e. The van der Waals surface area contributed by atoms with Crippen LogP contribution in [0.5, 0.6) is 34.5 Å². The minimum Gasteiger partial charge on any atom is -0.493 e. The molecule has 0 fully saturated rings. The highest BCUT2D eigenvalue weighted by Crippen LogP contribution is 2.42. The highest BCUT2D eigenvalue weighted by atomic mass is 16.5. The summed E-state index contributed by atoms with van der Waals surface area (Å²) in [5, 5.41) is 3.17. The molecule has 0 spiro atoms. The number of benzene rings is 2. The normalized spacial score (nSPS) is 10.3. The summed E-state index contributed by atoms with van der Waals surface area (Å²) < 4.78 is 32.4. The maximum atomic E-state index is 5.44. The highest BCUT2D eigenvalue weighted by molar-refractivity contribution is 5.70. The molecule has 31 heavy (non-hydrogen) atoms. The fourth-order valence-electron chi connectivity index (χ4n) is 3.09. The van der Waals surface area contributed by atoms with Gasteiger partial charge >= 0.3 is 0 Å².